The standard InChI is InChI=1S/C23H14FN3O2S/c24-17-11-9-16(10-12-17)21-25-23-27(26-21)22(28)20(30-23)14-15-5-4-8-19(13-15)29-18-6-2-1-3-7-18/h1-14H/b20-14-. The smallest absolute Gasteiger partial charge is 0.291 e. The number of rotatable bonds is 4. The van der Waals surface area contributed by atoms with Gasteiger partial charge in [-0.15, -0.1) is 5.10 Å². The van der Waals surface area contributed by atoms with E-state index < -0.39 is 0 Å². The van der Waals surface area contributed by atoms with Gasteiger partial charge >= 0.3 is 0 Å². The quantitative estimate of drug-likeness (QED) is 0.439. The molecule has 0 saturated heterocycles. The van der Waals surface area contributed by atoms with E-state index in [2.05, 4.69) is 10.1 Å². The SMILES string of the molecule is O=c1/c(=C/c2cccc(Oc3ccccc3)c2)sc2nc(-c3ccc(F)cc3)nn12. The van der Waals surface area contributed by atoms with Crippen molar-refractivity contribution in [3.8, 4) is 22.9 Å². The third-order valence-corrected chi connectivity index (χ3v) is 5.38. The van der Waals surface area contributed by atoms with Gasteiger partial charge in [-0.05, 0) is 60.2 Å². The van der Waals surface area contributed by atoms with Crippen LogP contribution in [0.25, 0.3) is 22.4 Å². The molecule has 7 heteroatoms. The Balaban J connectivity index is 1.48. The van der Waals surface area contributed by atoms with Crippen LogP contribution in [-0.2, 0) is 0 Å². The zero-order valence-electron chi connectivity index (χ0n) is 15.5. The molecule has 30 heavy (non-hydrogen) atoms. The summed E-state index contributed by atoms with van der Waals surface area (Å²) in [5.41, 5.74) is 1.25. The van der Waals surface area contributed by atoms with Crippen LogP contribution < -0.4 is 14.8 Å². The summed E-state index contributed by atoms with van der Waals surface area (Å²) in [6, 6.07) is 22.9. The zero-order chi connectivity index (χ0) is 20.5. The van der Waals surface area contributed by atoms with E-state index in [1.165, 1.54) is 28.0 Å². The summed E-state index contributed by atoms with van der Waals surface area (Å²) in [5, 5.41) is 4.28. The molecule has 0 aliphatic heterocycles. The molecule has 146 valence electrons. The molecule has 2 aromatic heterocycles. The Kier molecular flexibility index (Phi) is 4.57. The average molecular weight is 415 g/mol. The summed E-state index contributed by atoms with van der Waals surface area (Å²) >= 11 is 1.25. The number of para-hydroxylation sites is 1. The topological polar surface area (TPSA) is 56.5 Å². The third kappa shape index (κ3) is 3.58. The molecule has 0 unspecified atom stereocenters. The Labute approximate surface area is 174 Å². The van der Waals surface area contributed by atoms with Gasteiger partial charge in [0.15, 0.2) is 5.82 Å². The van der Waals surface area contributed by atoms with Crippen LogP contribution in [-0.4, -0.2) is 14.6 Å². The summed E-state index contributed by atoms with van der Waals surface area (Å²) in [4.78, 5) is 17.7. The molecular formula is C23H14FN3O2S. The van der Waals surface area contributed by atoms with Gasteiger partial charge in [0.05, 0.1) is 4.53 Å². The van der Waals surface area contributed by atoms with E-state index in [1.807, 2.05) is 54.6 Å². The van der Waals surface area contributed by atoms with Gasteiger partial charge in [-0.3, -0.25) is 4.79 Å². The predicted molar refractivity (Wildman–Crippen MR) is 114 cm³/mol. The molecule has 5 aromatic rings. The van der Waals surface area contributed by atoms with Gasteiger partial charge in [0.25, 0.3) is 5.56 Å². The van der Waals surface area contributed by atoms with Crippen molar-refractivity contribution in [3.63, 3.8) is 0 Å². The summed E-state index contributed by atoms with van der Waals surface area (Å²) in [6.07, 6.45) is 1.79. The van der Waals surface area contributed by atoms with E-state index in [0.717, 1.165) is 11.3 Å². The largest absolute Gasteiger partial charge is 0.457 e. The molecule has 0 atom stereocenters. The second-order valence-electron chi connectivity index (χ2n) is 6.54. The second-order valence-corrected chi connectivity index (χ2v) is 7.55. The van der Waals surface area contributed by atoms with Crippen LogP contribution in [0.1, 0.15) is 5.56 Å². The van der Waals surface area contributed by atoms with Gasteiger partial charge in [0, 0.05) is 5.56 Å². The number of halogens is 1. The lowest BCUT2D eigenvalue weighted by Crippen LogP contribution is -2.23. The molecule has 5 rings (SSSR count). The van der Waals surface area contributed by atoms with Crippen molar-refractivity contribution in [1.82, 2.24) is 14.6 Å². The number of hydrogen-bond donors (Lipinski definition) is 0. The van der Waals surface area contributed by atoms with Crippen molar-refractivity contribution in [2.45, 2.75) is 0 Å². The van der Waals surface area contributed by atoms with Crippen LogP contribution in [0.15, 0.2) is 83.7 Å². The number of nitrogens with zero attached hydrogens (tertiary/aromatic N) is 3. The maximum Gasteiger partial charge on any atom is 0.291 e. The molecule has 0 aliphatic carbocycles. The van der Waals surface area contributed by atoms with Crippen LogP contribution in [0, 0.1) is 5.82 Å². The Morgan fingerprint density at radius 2 is 1.70 bits per heavy atom. The lowest BCUT2D eigenvalue weighted by Gasteiger charge is -2.05. The Morgan fingerprint density at radius 3 is 2.47 bits per heavy atom. The van der Waals surface area contributed by atoms with E-state index in [1.54, 1.807) is 18.2 Å². The van der Waals surface area contributed by atoms with Gasteiger partial charge in [0.2, 0.25) is 4.96 Å². The van der Waals surface area contributed by atoms with Crippen molar-refractivity contribution >= 4 is 22.4 Å². The van der Waals surface area contributed by atoms with Gasteiger partial charge in [-0.25, -0.2) is 4.39 Å². The highest BCUT2D eigenvalue weighted by molar-refractivity contribution is 7.15. The minimum Gasteiger partial charge on any atom is -0.457 e. The van der Waals surface area contributed by atoms with Crippen molar-refractivity contribution in [2.75, 3.05) is 0 Å². The molecule has 0 aliphatic rings. The van der Waals surface area contributed by atoms with Crippen molar-refractivity contribution in [3.05, 3.63) is 105 Å². The van der Waals surface area contributed by atoms with E-state index in [-0.39, 0.29) is 11.4 Å². The first-order chi connectivity index (χ1) is 14.7. The number of fused-ring (bicyclic) bond motifs is 1. The van der Waals surface area contributed by atoms with Crippen LogP contribution in [0.4, 0.5) is 4.39 Å². The van der Waals surface area contributed by atoms with Crippen LogP contribution in [0.3, 0.4) is 0 Å². The van der Waals surface area contributed by atoms with Crippen LogP contribution >= 0.6 is 11.3 Å². The maximum absolute atomic E-state index is 13.1. The molecular weight excluding hydrogens is 401 g/mol. The Bertz CT molecular complexity index is 1440. The summed E-state index contributed by atoms with van der Waals surface area (Å²) in [6.45, 7) is 0. The molecule has 0 N–H and O–H groups in total. The van der Waals surface area contributed by atoms with E-state index >= 15 is 0 Å². The first-order valence-corrected chi connectivity index (χ1v) is 9.97. The van der Waals surface area contributed by atoms with Gasteiger partial charge in [-0.1, -0.05) is 41.7 Å². The Morgan fingerprint density at radius 1 is 0.933 bits per heavy atom. The lowest BCUT2D eigenvalue weighted by molar-refractivity contribution is 0.482. The summed E-state index contributed by atoms with van der Waals surface area (Å²) in [5.74, 6) is 1.48. The van der Waals surface area contributed by atoms with Crippen LogP contribution in [0.2, 0.25) is 0 Å². The minimum atomic E-state index is -0.334. The molecule has 5 nitrogen and oxygen atoms in total. The normalized spacial score (nSPS) is 11.8. The zero-order valence-corrected chi connectivity index (χ0v) is 16.3. The first kappa shape index (κ1) is 18.2. The van der Waals surface area contributed by atoms with Crippen LogP contribution in [0.5, 0.6) is 11.5 Å². The van der Waals surface area contributed by atoms with Gasteiger partial charge < -0.3 is 4.74 Å². The highest BCUT2D eigenvalue weighted by Crippen LogP contribution is 2.22. The molecule has 0 fully saturated rings. The van der Waals surface area contributed by atoms with Crippen molar-refractivity contribution in [2.24, 2.45) is 0 Å². The minimum absolute atomic E-state index is 0.245. The molecule has 0 amide bonds. The molecule has 3 aromatic carbocycles. The first-order valence-electron chi connectivity index (χ1n) is 9.16. The number of benzene rings is 3. The molecule has 0 saturated carbocycles. The lowest BCUT2D eigenvalue weighted by atomic mass is 10.2. The predicted octanol–water partition coefficient (Wildman–Crippen LogP) is 4.30. The van der Waals surface area contributed by atoms with Crippen molar-refractivity contribution < 1.29 is 9.13 Å². The fraction of sp³-hybridized carbons (Fsp3) is 0. The number of ether oxygens (including phenoxy) is 1. The highest BCUT2D eigenvalue weighted by atomic mass is 32.1. The van der Waals surface area contributed by atoms with E-state index in [9.17, 15) is 9.18 Å². The maximum atomic E-state index is 13.1. The molecule has 2 heterocycles. The van der Waals surface area contributed by atoms with Gasteiger partial charge in [0.1, 0.15) is 17.3 Å². The molecule has 0 bridgehead atoms. The molecule has 0 spiro atoms. The summed E-state index contributed by atoms with van der Waals surface area (Å²) in [7, 11) is 0. The van der Waals surface area contributed by atoms with E-state index in [4.69, 9.17) is 4.74 Å². The molecule has 0 radical (unpaired) electrons. The number of aromatic nitrogens is 3. The second kappa shape index (κ2) is 7.53. The van der Waals surface area contributed by atoms with Gasteiger partial charge in [-0.2, -0.15) is 9.50 Å². The fourth-order valence-corrected chi connectivity index (χ4v) is 3.91. The highest BCUT2D eigenvalue weighted by Gasteiger charge is 2.12. The third-order valence-electron chi connectivity index (χ3n) is 4.42. The number of hydrogen-bond acceptors (Lipinski definition) is 5. The Hall–Kier alpha value is -3.84. The monoisotopic (exact) mass is 415 g/mol. The van der Waals surface area contributed by atoms with Crippen molar-refractivity contribution in [1.29, 1.82) is 0 Å². The summed E-state index contributed by atoms with van der Waals surface area (Å²) < 4.78 is 20.8. The van der Waals surface area contributed by atoms with E-state index in [0.29, 0.717) is 26.6 Å². The average Bonchev–Trinajstić information content (AvgIpc) is 3.29. The fourth-order valence-electron chi connectivity index (χ4n) is 3.00. The number of thiazole rings is 1.